The highest BCUT2D eigenvalue weighted by molar-refractivity contribution is 6.40. The molecule has 0 radical (unpaired) electrons. The molecule has 0 aliphatic carbocycles. The summed E-state index contributed by atoms with van der Waals surface area (Å²) in [7, 11) is -1.14. The standard InChI is InChI=1S/C15H24BNO2.ClH/c18-16(19)9-4-10-17-11-7-15(8-12-17)13-14-5-2-1-3-6-14;/h1-3,5-6,15,18-19H,4,7-13H2;1H. The Morgan fingerprint density at radius 2 is 1.75 bits per heavy atom. The number of likely N-dealkylation sites (tertiary alicyclic amines) is 1. The van der Waals surface area contributed by atoms with E-state index in [1.54, 1.807) is 0 Å². The van der Waals surface area contributed by atoms with Crippen LogP contribution >= 0.6 is 12.4 Å². The van der Waals surface area contributed by atoms with E-state index in [-0.39, 0.29) is 12.4 Å². The summed E-state index contributed by atoms with van der Waals surface area (Å²) in [6, 6.07) is 10.7. The molecule has 0 atom stereocenters. The van der Waals surface area contributed by atoms with Crippen molar-refractivity contribution in [2.45, 2.75) is 32.0 Å². The SMILES string of the molecule is Cl.OB(O)CCCN1CCC(Cc2ccccc2)CC1. The van der Waals surface area contributed by atoms with Crippen LogP contribution in [0.5, 0.6) is 0 Å². The van der Waals surface area contributed by atoms with Gasteiger partial charge in [-0.15, -0.1) is 12.4 Å². The third kappa shape index (κ3) is 6.27. The average Bonchev–Trinajstić information content (AvgIpc) is 2.42. The van der Waals surface area contributed by atoms with Gasteiger partial charge in [0.1, 0.15) is 0 Å². The van der Waals surface area contributed by atoms with E-state index in [9.17, 15) is 0 Å². The van der Waals surface area contributed by atoms with E-state index in [0.717, 1.165) is 32.0 Å². The quantitative estimate of drug-likeness (QED) is 0.791. The number of halogens is 1. The first kappa shape index (κ1) is 17.5. The minimum Gasteiger partial charge on any atom is -0.427 e. The van der Waals surface area contributed by atoms with Gasteiger partial charge in [0.2, 0.25) is 0 Å². The molecule has 1 fully saturated rings. The van der Waals surface area contributed by atoms with Crippen LogP contribution in [-0.2, 0) is 6.42 Å². The summed E-state index contributed by atoms with van der Waals surface area (Å²) in [4.78, 5) is 2.45. The van der Waals surface area contributed by atoms with Crippen molar-refractivity contribution in [3.05, 3.63) is 35.9 Å². The topological polar surface area (TPSA) is 43.7 Å². The van der Waals surface area contributed by atoms with Crippen LogP contribution in [0, 0.1) is 5.92 Å². The molecule has 0 spiro atoms. The minimum atomic E-state index is -1.14. The first-order chi connectivity index (χ1) is 9.24. The van der Waals surface area contributed by atoms with E-state index in [1.165, 1.54) is 24.8 Å². The lowest BCUT2D eigenvalue weighted by Gasteiger charge is -2.32. The highest BCUT2D eigenvalue weighted by Gasteiger charge is 2.19. The van der Waals surface area contributed by atoms with E-state index in [4.69, 9.17) is 10.0 Å². The Labute approximate surface area is 128 Å². The highest BCUT2D eigenvalue weighted by Crippen LogP contribution is 2.21. The lowest BCUT2D eigenvalue weighted by molar-refractivity contribution is 0.183. The Kier molecular flexibility index (Phi) is 8.23. The van der Waals surface area contributed by atoms with Gasteiger partial charge in [-0.25, -0.2) is 0 Å². The van der Waals surface area contributed by atoms with Crippen LogP contribution in [0.1, 0.15) is 24.8 Å². The van der Waals surface area contributed by atoms with Crippen LogP contribution in [0.15, 0.2) is 30.3 Å². The van der Waals surface area contributed by atoms with Gasteiger partial charge in [-0.05, 0) is 63.1 Å². The van der Waals surface area contributed by atoms with Crippen molar-refractivity contribution in [2.24, 2.45) is 5.92 Å². The third-order valence-corrected chi connectivity index (χ3v) is 4.01. The summed E-state index contributed by atoms with van der Waals surface area (Å²) in [6.07, 6.45) is 5.09. The predicted octanol–water partition coefficient (Wildman–Crippen LogP) is 2.23. The molecule has 5 heteroatoms. The van der Waals surface area contributed by atoms with Gasteiger partial charge in [0.05, 0.1) is 0 Å². The van der Waals surface area contributed by atoms with Crippen LogP contribution in [0.2, 0.25) is 6.32 Å². The summed E-state index contributed by atoms with van der Waals surface area (Å²) in [5.74, 6) is 0.807. The summed E-state index contributed by atoms with van der Waals surface area (Å²) in [6.45, 7) is 3.30. The molecule has 3 nitrogen and oxygen atoms in total. The summed E-state index contributed by atoms with van der Waals surface area (Å²) in [5, 5.41) is 17.7. The molecule has 20 heavy (non-hydrogen) atoms. The van der Waals surface area contributed by atoms with Gasteiger partial charge in [-0.1, -0.05) is 30.3 Å². The van der Waals surface area contributed by atoms with Crippen LogP contribution in [0.4, 0.5) is 0 Å². The van der Waals surface area contributed by atoms with Crippen LogP contribution in [-0.4, -0.2) is 41.7 Å². The van der Waals surface area contributed by atoms with Gasteiger partial charge in [-0.3, -0.25) is 0 Å². The first-order valence-electron chi connectivity index (χ1n) is 7.36. The van der Waals surface area contributed by atoms with E-state index in [2.05, 4.69) is 35.2 Å². The fourth-order valence-electron chi connectivity index (χ4n) is 2.86. The second-order valence-electron chi connectivity index (χ2n) is 5.60. The van der Waals surface area contributed by atoms with Crippen molar-refractivity contribution in [3.8, 4) is 0 Å². The molecular weight excluding hydrogens is 272 g/mol. The fourth-order valence-corrected chi connectivity index (χ4v) is 2.86. The van der Waals surface area contributed by atoms with Crippen molar-refractivity contribution >= 4 is 19.5 Å². The maximum atomic E-state index is 8.83. The Balaban J connectivity index is 0.00000200. The van der Waals surface area contributed by atoms with Crippen molar-refractivity contribution in [1.29, 1.82) is 0 Å². The normalized spacial score (nSPS) is 16.7. The molecule has 0 bridgehead atoms. The summed E-state index contributed by atoms with van der Waals surface area (Å²) in [5.41, 5.74) is 1.45. The maximum Gasteiger partial charge on any atom is 0.451 e. The number of hydrogen-bond donors (Lipinski definition) is 2. The molecule has 2 rings (SSSR count). The third-order valence-electron chi connectivity index (χ3n) is 4.01. The number of nitrogens with zero attached hydrogens (tertiary/aromatic N) is 1. The van der Waals surface area contributed by atoms with Gasteiger partial charge >= 0.3 is 7.12 Å². The molecule has 1 heterocycles. The Bertz CT molecular complexity index is 356. The molecule has 0 amide bonds. The first-order valence-corrected chi connectivity index (χ1v) is 7.36. The van der Waals surface area contributed by atoms with E-state index < -0.39 is 7.12 Å². The van der Waals surface area contributed by atoms with Gasteiger partial charge in [0, 0.05) is 0 Å². The van der Waals surface area contributed by atoms with Crippen molar-refractivity contribution in [3.63, 3.8) is 0 Å². The maximum absolute atomic E-state index is 8.83. The minimum absolute atomic E-state index is 0. The fraction of sp³-hybridized carbons (Fsp3) is 0.600. The monoisotopic (exact) mass is 297 g/mol. The van der Waals surface area contributed by atoms with Crippen LogP contribution < -0.4 is 0 Å². The molecule has 1 aliphatic rings. The zero-order valence-corrected chi connectivity index (χ0v) is 12.8. The lowest BCUT2D eigenvalue weighted by Crippen LogP contribution is -2.35. The smallest absolute Gasteiger partial charge is 0.427 e. The van der Waals surface area contributed by atoms with E-state index >= 15 is 0 Å². The summed E-state index contributed by atoms with van der Waals surface area (Å²) >= 11 is 0. The van der Waals surface area contributed by atoms with Gasteiger partial charge < -0.3 is 14.9 Å². The average molecular weight is 298 g/mol. The van der Waals surface area contributed by atoms with Crippen LogP contribution in [0.25, 0.3) is 0 Å². The van der Waals surface area contributed by atoms with Gasteiger partial charge in [-0.2, -0.15) is 0 Å². The molecule has 1 aromatic carbocycles. The zero-order valence-electron chi connectivity index (χ0n) is 11.9. The number of benzene rings is 1. The number of piperidine rings is 1. The molecule has 1 saturated heterocycles. The largest absolute Gasteiger partial charge is 0.451 e. The van der Waals surface area contributed by atoms with Gasteiger partial charge in [0.15, 0.2) is 0 Å². The van der Waals surface area contributed by atoms with Crippen molar-refractivity contribution < 1.29 is 10.0 Å². The van der Waals surface area contributed by atoms with E-state index in [0.29, 0.717) is 6.32 Å². The molecule has 1 aliphatic heterocycles. The molecule has 0 unspecified atom stereocenters. The molecule has 1 aromatic rings. The molecular formula is C15H25BClNO2. The second-order valence-corrected chi connectivity index (χ2v) is 5.60. The molecule has 0 saturated carbocycles. The Hall–Kier alpha value is -0.545. The van der Waals surface area contributed by atoms with Gasteiger partial charge in [0.25, 0.3) is 0 Å². The lowest BCUT2D eigenvalue weighted by atomic mass is 9.84. The molecule has 2 N–H and O–H groups in total. The second kappa shape index (κ2) is 9.40. The predicted molar refractivity (Wildman–Crippen MR) is 86.2 cm³/mol. The molecule has 0 aromatic heterocycles. The zero-order chi connectivity index (χ0) is 13.5. The van der Waals surface area contributed by atoms with Crippen molar-refractivity contribution in [2.75, 3.05) is 19.6 Å². The van der Waals surface area contributed by atoms with Crippen molar-refractivity contribution in [1.82, 2.24) is 4.90 Å². The Morgan fingerprint density at radius 1 is 1.10 bits per heavy atom. The highest BCUT2D eigenvalue weighted by atomic mass is 35.5. The molecule has 112 valence electrons. The summed E-state index contributed by atoms with van der Waals surface area (Å²) < 4.78 is 0. The number of rotatable bonds is 6. The van der Waals surface area contributed by atoms with Crippen LogP contribution in [0.3, 0.4) is 0 Å². The number of hydrogen-bond acceptors (Lipinski definition) is 3. The Morgan fingerprint density at radius 3 is 2.35 bits per heavy atom. The van der Waals surface area contributed by atoms with E-state index in [1.807, 2.05) is 0 Å².